The van der Waals surface area contributed by atoms with Crippen molar-refractivity contribution in [1.29, 1.82) is 0 Å². The molecule has 10 nitrogen and oxygen atoms in total. The number of nitro benzene ring substituents is 2. The molecule has 0 aliphatic rings. The normalized spacial score (nSPS) is 9.48. The molecule has 0 aromatic heterocycles. The smallest absolute Gasteiger partial charge is 0.295 e. The second-order valence-corrected chi connectivity index (χ2v) is 7.03. The first-order valence-electron chi connectivity index (χ1n) is 9.99. The third kappa shape index (κ3) is 7.39. The number of nitrogens with one attached hydrogen (secondary N) is 2. The van der Waals surface area contributed by atoms with Crippen molar-refractivity contribution in [2.75, 3.05) is 36.2 Å². The summed E-state index contributed by atoms with van der Waals surface area (Å²) in [7, 11) is 3.53. The summed E-state index contributed by atoms with van der Waals surface area (Å²) in [5, 5.41) is 26.7. The largest absolute Gasteiger partial charge is 0.397 e. The van der Waals surface area contributed by atoms with E-state index >= 15 is 0 Å². The Morgan fingerprint density at radius 1 is 0.667 bits per heavy atom. The van der Waals surface area contributed by atoms with Gasteiger partial charge in [-0.1, -0.05) is 36.4 Å². The van der Waals surface area contributed by atoms with Crippen molar-refractivity contribution in [3.8, 4) is 0 Å². The molecule has 0 amide bonds. The number of rotatable bonds is 4. The number of nitrogen functional groups attached to an aromatic ring is 2. The highest BCUT2D eigenvalue weighted by molar-refractivity contribution is 5.69. The molecule has 6 N–H and O–H groups in total. The predicted molar refractivity (Wildman–Crippen MR) is 135 cm³/mol. The molecule has 0 fully saturated rings. The van der Waals surface area contributed by atoms with Crippen molar-refractivity contribution >= 4 is 34.1 Å². The minimum atomic E-state index is -0.468. The van der Waals surface area contributed by atoms with Crippen molar-refractivity contribution in [3.63, 3.8) is 0 Å². The quantitative estimate of drug-likeness (QED) is 0.242. The average Bonchev–Trinajstić information content (AvgIpc) is 2.75. The van der Waals surface area contributed by atoms with Gasteiger partial charge >= 0.3 is 0 Å². The zero-order valence-electron chi connectivity index (χ0n) is 19.4. The van der Waals surface area contributed by atoms with Crippen molar-refractivity contribution in [1.82, 2.24) is 0 Å². The number of hydrogen-bond acceptors (Lipinski definition) is 8. The molecule has 10 heteroatoms. The van der Waals surface area contributed by atoms with Crippen LogP contribution in [0.4, 0.5) is 34.1 Å². The minimum absolute atomic E-state index is 0.00694. The van der Waals surface area contributed by atoms with E-state index in [0.29, 0.717) is 16.8 Å². The lowest BCUT2D eigenvalue weighted by molar-refractivity contribution is -0.384. The SMILES string of the molecule is CNc1cccc(C)c1N.CNc1cccc(C)c1[N+](=O)[O-].Cc1cccc(N)c1[N+](=O)[O-]. The van der Waals surface area contributed by atoms with Crippen molar-refractivity contribution in [3.05, 3.63) is 91.5 Å². The highest BCUT2D eigenvalue weighted by Crippen LogP contribution is 2.27. The summed E-state index contributed by atoms with van der Waals surface area (Å²) in [5.41, 5.74) is 16.3. The van der Waals surface area contributed by atoms with E-state index in [2.05, 4.69) is 10.6 Å². The van der Waals surface area contributed by atoms with Crippen LogP contribution in [0.25, 0.3) is 0 Å². The average molecular weight is 455 g/mol. The van der Waals surface area contributed by atoms with E-state index in [9.17, 15) is 20.2 Å². The number of anilines is 4. The molecule has 0 saturated heterocycles. The highest BCUT2D eigenvalue weighted by Gasteiger charge is 2.15. The van der Waals surface area contributed by atoms with Gasteiger partial charge in [0.25, 0.3) is 11.4 Å². The molecule has 0 radical (unpaired) electrons. The van der Waals surface area contributed by atoms with Crippen LogP contribution in [0, 0.1) is 41.0 Å². The first-order valence-corrected chi connectivity index (χ1v) is 9.99. The Morgan fingerprint density at radius 2 is 1.09 bits per heavy atom. The maximum absolute atomic E-state index is 10.6. The monoisotopic (exact) mass is 454 g/mol. The molecule has 0 unspecified atom stereocenters. The van der Waals surface area contributed by atoms with E-state index in [1.54, 1.807) is 51.2 Å². The summed E-state index contributed by atoms with van der Waals surface area (Å²) in [6.07, 6.45) is 0. The lowest BCUT2D eigenvalue weighted by Gasteiger charge is -2.05. The fourth-order valence-corrected chi connectivity index (χ4v) is 2.93. The van der Waals surface area contributed by atoms with Gasteiger partial charge in [0.15, 0.2) is 0 Å². The van der Waals surface area contributed by atoms with Gasteiger partial charge in [0.2, 0.25) is 0 Å². The number of aryl methyl sites for hydroxylation is 3. The maximum atomic E-state index is 10.6. The lowest BCUT2D eigenvalue weighted by atomic mass is 10.2. The van der Waals surface area contributed by atoms with E-state index in [0.717, 1.165) is 16.9 Å². The molecule has 3 rings (SSSR count). The van der Waals surface area contributed by atoms with E-state index in [1.165, 1.54) is 6.07 Å². The molecule has 0 heterocycles. The van der Waals surface area contributed by atoms with Crippen LogP contribution >= 0.6 is 0 Å². The number of nitrogens with zero attached hydrogens (tertiary/aromatic N) is 2. The second kappa shape index (κ2) is 12.5. The molecule has 0 atom stereocenters. The van der Waals surface area contributed by atoms with Crippen LogP contribution in [-0.2, 0) is 0 Å². The number of para-hydroxylation sites is 3. The van der Waals surface area contributed by atoms with Gasteiger partial charge in [0.05, 0.1) is 21.2 Å². The zero-order valence-corrected chi connectivity index (χ0v) is 19.4. The Bertz CT molecular complexity index is 1100. The minimum Gasteiger partial charge on any atom is -0.397 e. The number of nitrogens with two attached hydrogens (primary N) is 2. The van der Waals surface area contributed by atoms with Crippen LogP contribution < -0.4 is 22.1 Å². The number of benzene rings is 3. The van der Waals surface area contributed by atoms with Crippen molar-refractivity contribution in [2.24, 2.45) is 0 Å². The van der Waals surface area contributed by atoms with Gasteiger partial charge < -0.3 is 22.1 Å². The molecule has 3 aromatic carbocycles. The highest BCUT2D eigenvalue weighted by atomic mass is 16.6. The lowest BCUT2D eigenvalue weighted by Crippen LogP contribution is -1.98. The Balaban J connectivity index is 0.000000249. The molecular formula is C23H30N6O4. The summed E-state index contributed by atoms with van der Waals surface area (Å²) in [5.74, 6) is 0. The van der Waals surface area contributed by atoms with Crippen molar-refractivity contribution in [2.45, 2.75) is 20.8 Å². The summed E-state index contributed by atoms with van der Waals surface area (Å²) < 4.78 is 0. The fourth-order valence-electron chi connectivity index (χ4n) is 2.93. The van der Waals surface area contributed by atoms with Gasteiger partial charge in [0.1, 0.15) is 11.4 Å². The van der Waals surface area contributed by atoms with Gasteiger partial charge in [-0.2, -0.15) is 0 Å². The second-order valence-electron chi connectivity index (χ2n) is 7.03. The summed E-state index contributed by atoms with van der Waals surface area (Å²) >= 11 is 0. The standard InChI is InChI=1S/C8H10N2O2.C8H12N2.C7H8N2O2/c1-6-4-3-5-7(9-2)8(6)10(11)12;1-6-4-3-5-7(10-2)8(6)9;1-5-3-2-4-6(8)7(5)9(10)11/h3-5,9H,1-2H3;3-5,10H,9H2,1-2H3;2-4H,8H2,1H3. The molecule has 176 valence electrons. The first kappa shape index (κ1) is 26.7. The van der Waals surface area contributed by atoms with E-state index in [4.69, 9.17) is 11.5 Å². The van der Waals surface area contributed by atoms with E-state index in [1.807, 2.05) is 32.2 Å². The Kier molecular flexibility index (Phi) is 10.1. The maximum Gasteiger partial charge on any atom is 0.295 e. The Morgan fingerprint density at radius 3 is 1.45 bits per heavy atom. The van der Waals surface area contributed by atoms with Gasteiger partial charge in [0, 0.05) is 25.2 Å². The summed E-state index contributed by atoms with van der Waals surface area (Å²) in [4.78, 5) is 20.1. The zero-order chi connectivity index (χ0) is 25.1. The number of nitro groups is 2. The van der Waals surface area contributed by atoms with Gasteiger partial charge in [-0.05, 0) is 44.5 Å². The van der Waals surface area contributed by atoms with Crippen LogP contribution in [-0.4, -0.2) is 23.9 Å². The number of hydrogen-bond donors (Lipinski definition) is 4. The van der Waals surface area contributed by atoms with Crippen LogP contribution in [0.2, 0.25) is 0 Å². The van der Waals surface area contributed by atoms with Crippen LogP contribution in [0.5, 0.6) is 0 Å². The molecule has 0 aliphatic heterocycles. The molecule has 0 spiro atoms. The topological polar surface area (TPSA) is 162 Å². The van der Waals surface area contributed by atoms with Crippen molar-refractivity contribution < 1.29 is 9.85 Å². The Labute approximate surface area is 192 Å². The van der Waals surface area contributed by atoms with Gasteiger partial charge in [-0.15, -0.1) is 0 Å². The molecule has 33 heavy (non-hydrogen) atoms. The molecular weight excluding hydrogens is 424 g/mol. The third-order valence-corrected chi connectivity index (χ3v) is 4.73. The Hall–Kier alpha value is -4.34. The van der Waals surface area contributed by atoms with Gasteiger partial charge in [-0.3, -0.25) is 20.2 Å². The first-order chi connectivity index (χ1) is 15.5. The van der Waals surface area contributed by atoms with Crippen LogP contribution in [0.15, 0.2) is 54.6 Å². The molecule has 3 aromatic rings. The third-order valence-electron chi connectivity index (χ3n) is 4.73. The predicted octanol–water partition coefficient (Wildman–Crippen LogP) is 5.05. The van der Waals surface area contributed by atoms with Crippen LogP contribution in [0.3, 0.4) is 0 Å². The summed E-state index contributed by atoms with van der Waals surface area (Å²) in [6.45, 7) is 5.38. The van der Waals surface area contributed by atoms with Crippen LogP contribution in [0.1, 0.15) is 16.7 Å². The summed E-state index contributed by atoms with van der Waals surface area (Å²) in [6, 6.07) is 16.0. The molecule has 0 saturated carbocycles. The molecule has 0 bridgehead atoms. The van der Waals surface area contributed by atoms with E-state index < -0.39 is 4.92 Å². The van der Waals surface area contributed by atoms with Gasteiger partial charge in [-0.25, -0.2) is 0 Å². The molecule has 0 aliphatic carbocycles. The van der Waals surface area contributed by atoms with E-state index in [-0.39, 0.29) is 22.0 Å². The fraction of sp³-hybridized carbons (Fsp3) is 0.217.